The van der Waals surface area contributed by atoms with E-state index in [9.17, 15) is 0 Å². The van der Waals surface area contributed by atoms with Crippen LogP contribution in [0.25, 0.3) is 0 Å². The van der Waals surface area contributed by atoms with Gasteiger partial charge in [0.2, 0.25) is 0 Å². The molecule has 0 aliphatic heterocycles. The van der Waals surface area contributed by atoms with Gasteiger partial charge in [-0.3, -0.25) is 0 Å². The van der Waals surface area contributed by atoms with Crippen LogP contribution >= 0.6 is 11.3 Å². The second-order valence-corrected chi connectivity index (χ2v) is 5.31. The van der Waals surface area contributed by atoms with Gasteiger partial charge in [-0.2, -0.15) is 0 Å². The van der Waals surface area contributed by atoms with Crippen molar-refractivity contribution in [1.29, 1.82) is 0 Å². The zero-order chi connectivity index (χ0) is 13.5. The molecule has 1 aromatic carbocycles. The summed E-state index contributed by atoms with van der Waals surface area (Å²) in [5, 5.41) is 5.50. The third-order valence-corrected chi connectivity index (χ3v) is 3.59. The van der Waals surface area contributed by atoms with Gasteiger partial charge >= 0.3 is 0 Å². The largest absolute Gasteiger partial charge is 0.489 e. The Morgan fingerprint density at radius 3 is 2.84 bits per heavy atom. The first kappa shape index (κ1) is 13.9. The van der Waals surface area contributed by atoms with E-state index in [1.54, 1.807) is 18.4 Å². The summed E-state index contributed by atoms with van der Waals surface area (Å²) in [6, 6.07) is 10.4. The zero-order valence-electron chi connectivity index (χ0n) is 11.3. The maximum atomic E-state index is 5.74. The molecule has 0 saturated heterocycles. The van der Waals surface area contributed by atoms with Crippen LogP contribution in [0.1, 0.15) is 10.4 Å². The Hall–Kier alpha value is -1.52. The number of thiophene rings is 1. The Morgan fingerprint density at radius 1 is 1.21 bits per heavy atom. The van der Waals surface area contributed by atoms with Crippen LogP contribution in [0.15, 0.2) is 35.7 Å². The Balaban J connectivity index is 2.01. The van der Waals surface area contributed by atoms with Crippen molar-refractivity contribution in [3.63, 3.8) is 0 Å². The molecule has 0 amide bonds. The summed E-state index contributed by atoms with van der Waals surface area (Å²) in [6.07, 6.45) is 0. The number of benzene rings is 1. The van der Waals surface area contributed by atoms with Crippen LogP contribution in [0.4, 0.5) is 5.69 Å². The van der Waals surface area contributed by atoms with Crippen LogP contribution in [0.2, 0.25) is 0 Å². The molecule has 0 spiro atoms. The highest BCUT2D eigenvalue weighted by molar-refractivity contribution is 7.09. The van der Waals surface area contributed by atoms with Gasteiger partial charge in [-0.25, -0.2) is 0 Å². The van der Waals surface area contributed by atoms with Crippen LogP contribution in [-0.4, -0.2) is 20.3 Å². The smallest absolute Gasteiger partial charge is 0.142 e. The second kappa shape index (κ2) is 7.16. The molecular weight excluding hydrogens is 258 g/mol. The van der Waals surface area contributed by atoms with Gasteiger partial charge in [-0.1, -0.05) is 12.1 Å². The molecule has 102 valence electrons. The highest BCUT2D eigenvalue weighted by Gasteiger charge is 2.04. The Labute approximate surface area is 118 Å². The van der Waals surface area contributed by atoms with E-state index < -0.39 is 0 Å². The number of methoxy groups -OCH3 is 1. The molecule has 2 aromatic rings. The lowest BCUT2D eigenvalue weighted by Gasteiger charge is -2.13. The van der Waals surface area contributed by atoms with Crippen molar-refractivity contribution >= 4 is 17.0 Å². The average molecular weight is 277 g/mol. The lowest BCUT2D eigenvalue weighted by molar-refractivity contribution is 0.146. The van der Waals surface area contributed by atoms with Gasteiger partial charge in [0.05, 0.1) is 12.3 Å². The predicted molar refractivity (Wildman–Crippen MR) is 80.2 cm³/mol. The van der Waals surface area contributed by atoms with Gasteiger partial charge in [0.1, 0.15) is 12.4 Å². The normalized spacial score (nSPS) is 10.4. The molecule has 1 heterocycles. The SMILES string of the molecule is COCCOc1cc(C)ccc1NCc1cccs1. The average Bonchev–Trinajstić information content (AvgIpc) is 2.91. The molecule has 0 saturated carbocycles. The zero-order valence-corrected chi connectivity index (χ0v) is 12.1. The van der Waals surface area contributed by atoms with Gasteiger partial charge in [-0.05, 0) is 36.1 Å². The maximum absolute atomic E-state index is 5.74. The van der Waals surface area contributed by atoms with Crippen LogP contribution < -0.4 is 10.1 Å². The van der Waals surface area contributed by atoms with Gasteiger partial charge in [0.25, 0.3) is 0 Å². The van der Waals surface area contributed by atoms with Gasteiger partial charge < -0.3 is 14.8 Å². The fraction of sp³-hybridized carbons (Fsp3) is 0.333. The van der Waals surface area contributed by atoms with Crippen molar-refractivity contribution < 1.29 is 9.47 Å². The van der Waals surface area contributed by atoms with E-state index in [4.69, 9.17) is 9.47 Å². The van der Waals surface area contributed by atoms with Crippen LogP contribution in [0, 0.1) is 6.92 Å². The Morgan fingerprint density at radius 2 is 2.11 bits per heavy atom. The lowest BCUT2D eigenvalue weighted by Crippen LogP contribution is -2.07. The summed E-state index contributed by atoms with van der Waals surface area (Å²) >= 11 is 1.75. The topological polar surface area (TPSA) is 30.5 Å². The van der Waals surface area contributed by atoms with Crippen molar-refractivity contribution in [1.82, 2.24) is 0 Å². The lowest BCUT2D eigenvalue weighted by atomic mass is 10.2. The number of nitrogens with one attached hydrogen (secondary N) is 1. The minimum Gasteiger partial charge on any atom is -0.489 e. The van der Waals surface area contributed by atoms with Crippen LogP contribution in [-0.2, 0) is 11.3 Å². The minimum atomic E-state index is 0.563. The summed E-state index contributed by atoms with van der Waals surface area (Å²) in [6.45, 7) is 4.04. The summed E-state index contributed by atoms with van der Waals surface area (Å²) in [5.41, 5.74) is 2.21. The molecule has 0 bridgehead atoms. The van der Waals surface area contributed by atoms with E-state index in [0.29, 0.717) is 13.2 Å². The van der Waals surface area contributed by atoms with Crippen molar-refractivity contribution in [2.75, 3.05) is 25.6 Å². The van der Waals surface area contributed by atoms with E-state index in [1.807, 2.05) is 6.07 Å². The highest BCUT2D eigenvalue weighted by atomic mass is 32.1. The molecule has 0 atom stereocenters. The van der Waals surface area contributed by atoms with Gasteiger partial charge in [0, 0.05) is 18.5 Å². The molecule has 1 aromatic heterocycles. The molecule has 0 unspecified atom stereocenters. The fourth-order valence-corrected chi connectivity index (χ4v) is 2.37. The minimum absolute atomic E-state index is 0.563. The third-order valence-electron chi connectivity index (χ3n) is 2.72. The predicted octanol–water partition coefficient (Wildman–Crippen LogP) is 3.69. The number of anilines is 1. The molecule has 0 fully saturated rings. The molecule has 4 heteroatoms. The highest BCUT2D eigenvalue weighted by Crippen LogP contribution is 2.26. The van der Waals surface area contributed by atoms with Crippen molar-refractivity contribution in [3.8, 4) is 5.75 Å². The standard InChI is InChI=1S/C15H19NO2S/c1-12-5-6-14(15(10-12)18-8-7-17-2)16-11-13-4-3-9-19-13/h3-6,9-10,16H,7-8,11H2,1-2H3. The Kier molecular flexibility index (Phi) is 5.24. The summed E-state index contributed by atoms with van der Waals surface area (Å²) < 4.78 is 10.8. The summed E-state index contributed by atoms with van der Waals surface area (Å²) in [4.78, 5) is 1.31. The molecule has 19 heavy (non-hydrogen) atoms. The molecule has 1 N–H and O–H groups in total. The van der Waals surface area contributed by atoms with E-state index >= 15 is 0 Å². The van der Waals surface area contributed by atoms with Gasteiger partial charge in [0.15, 0.2) is 0 Å². The number of hydrogen-bond acceptors (Lipinski definition) is 4. The van der Waals surface area contributed by atoms with Crippen molar-refractivity contribution in [3.05, 3.63) is 46.2 Å². The number of aryl methyl sites for hydroxylation is 1. The quantitative estimate of drug-likeness (QED) is 0.783. The first-order valence-corrected chi connectivity index (χ1v) is 7.16. The summed E-state index contributed by atoms with van der Waals surface area (Å²) in [5.74, 6) is 0.883. The molecule has 0 aliphatic carbocycles. The first-order valence-electron chi connectivity index (χ1n) is 6.28. The van der Waals surface area contributed by atoms with Crippen molar-refractivity contribution in [2.45, 2.75) is 13.5 Å². The monoisotopic (exact) mass is 277 g/mol. The molecular formula is C15H19NO2S. The van der Waals surface area contributed by atoms with E-state index in [-0.39, 0.29) is 0 Å². The first-order chi connectivity index (χ1) is 9.29. The molecule has 0 radical (unpaired) electrons. The maximum Gasteiger partial charge on any atom is 0.142 e. The molecule has 3 nitrogen and oxygen atoms in total. The fourth-order valence-electron chi connectivity index (χ4n) is 1.73. The van der Waals surface area contributed by atoms with E-state index in [1.165, 1.54) is 10.4 Å². The number of ether oxygens (including phenoxy) is 2. The third kappa shape index (κ3) is 4.26. The van der Waals surface area contributed by atoms with E-state index in [0.717, 1.165) is 18.0 Å². The van der Waals surface area contributed by atoms with Crippen LogP contribution in [0.3, 0.4) is 0 Å². The number of hydrogen-bond donors (Lipinski definition) is 1. The second-order valence-electron chi connectivity index (χ2n) is 4.27. The molecule has 0 aliphatic rings. The van der Waals surface area contributed by atoms with Crippen LogP contribution in [0.5, 0.6) is 5.75 Å². The van der Waals surface area contributed by atoms with E-state index in [2.05, 4.69) is 41.9 Å². The summed E-state index contributed by atoms with van der Waals surface area (Å²) in [7, 11) is 1.68. The molecule has 2 rings (SSSR count). The van der Waals surface area contributed by atoms with Crippen molar-refractivity contribution in [2.24, 2.45) is 0 Å². The Bertz CT molecular complexity index is 497. The van der Waals surface area contributed by atoms with Gasteiger partial charge in [-0.15, -0.1) is 11.3 Å². The number of rotatable bonds is 7.